The lowest BCUT2D eigenvalue weighted by Gasteiger charge is -2.37. The molecule has 0 N–H and O–H groups in total. The average Bonchev–Trinajstić information content (AvgIpc) is 2.08. The molecule has 0 bridgehead atoms. The van der Waals surface area contributed by atoms with Crippen molar-refractivity contribution in [3.8, 4) is 0 Å². The van der Waals surface area contributed by atoms with Crippen LogP contribution in [0.3, 0.4) is 0 Å². The molecule has 0 fully saturated rings. The molecule has 1 rings (SSSR count). The summed E-state index contributed by atoms with van der Waals surface area (Å²) in [4.78, 5) is 0. The fourth-order valence-corrected chi connectivity index (χ4v) is 3.48. The minimum Gasteiger partial charge on any atom is -0.207 e. The molecule has 0 heterocycles. The van der Waals surface area contributed by atoms with Gasteiger partial charge in [0, 0.05) is 0 Å². The predicted molar refractivity (Wildman–Crippen MR) is 72.0 cm³/mol. The maximum Gasteiger partial charge on any atom is 0.123 e. The van der Waals surface area contributed by atoms with Gasteiger partial charge in [-0.3, -0.25) is 0 Å². The van der Waals surface area contributed by atoms with Gasteiger partial charge in [0.2, 0.25) is 0 Å². The van der Waals surface area contributed by atoms with Crippen molar-refractivity contribution in [2.24, 2.45) is 0 Å². The number of hydrogen-bond acceptors (Lipinski definition) is 0. The summed E-state index contributed by atoms with van der Waals surface area (Å²) in [7, 11) is -1.32. The third-order valence-electron chi connectivity index (χ3n) is 3.97. The monoisotopic (exact) mass is 238 g/mol. The lowest BCUT2D eigenvalue weighted by molar-refractivity contribution is 0.626. The molecule has 0 unspecified atom stereocenters. The summed E-state index contributed by atoms with van der Waals surface area (Å²) in [6.45, 7) is 13.8. The van der Waals surface area contributed by atoms with E-state index in [0.717, 1.165) is 11.6 Å². The zero-order valence-electron chi connectivity index (χ0n) is 11.3. The Balaban J connectivity index is 2.97. The van der Waals surface area contributed by atoms with Crippen molar-refractivity contribution in [1.29, 1.82) is 0 Å². The first-order valence-electron chi connectivity index (χ1n) is 5.88. The molecule has 0 spiro atoms. The third-order valence-corrected chi connectivity index (χ3v) is 9.29. The first-order valence-corrected chi connectivity index (χ1v) is 9.09. The summed E-state index contributed by atoms with van der Waals surface area (Å²) in [5.41, 5.74) is 2.40. The normalized spacial score (nSPS) is 12.9. The Bertz CT molecular complexity index is 375. The summed E-state index contributed by atoms with van der Waals surface area (Å²) in [6.07, 6.45) is 0. The van der Waals surface area contributed by atoms with Crippen molar-refractivity contribution in [1.82, 2.24) is 0 Å². The van der Waals surface area contributed by atoms with Crippen LogP contribution in [0, 0.1) is 12.7 Å². The van der Waals surface area contributed by atoms with Gasteiger partial charge in [0.05, 0.1) is 8.07 Å². The molecule has 1 aromatic carbocycles. The van der Waals surface area contributed by atoms with Gasteiger partial charge in [0.1, 0.15) is 5.82 Å². The minimum absolute atomic E-state index is 0.128. The van der Waals surface area contributed by atoms with Crippen LogP contribution in [0.5, 0.6) is 0 Å². The first kappa shape index (κ1) is 13.4. The van der Waals surface area contributed by atoms with E-state index in [-0.39, 0.29) is 5.82 Å². The third kappa shape index (κ3) is 2.94. The van der Waals surface area contributed by atoms with Crippen molar-refractivity contribution in [2.45, 2.75) is 51.9 Å². The van der Waals surface area contributed by atoms with Gasteiger partial charge in [0.15, 0.2) is 0 Å². The SMILES string of the molecule is Cc1cc(F)ccc1C[Si](C)(C)C(C)(C)C. The average molecular weight is 238 g/mol. The van der Waals surface area contributed by atoms with E-state index in [1.54, 1.807) is 12.1 Å². The van der Waals surface area contributed by atoms with Gasteiger partial charge in [-0.1, -0.05) is 39.9 Å². The summed E-state index contributed by atoms with van der Waals surface area (Å²) in [5, 5.41) is 0.383. The summed E-state index contributed by atoms with van der Waals surface area (Å²) in [5.74, 6) is -0.128. The highest BCUT2D eigenvalue weighted by molar-refractivity contribution is 6.79. The van der Waals surface area contributed by atoms with E-state index in [1.807, 2.05) is 13.0 Å². The lowest BCUT2D eigenvalue weighted by Crippen LogP contribution is -2.40. The van der Waals surface area contributed by atoms with E-state index in [9.17, 15) is 4.39 Å². The number of rotatable bonds is 2. The molecule has 0 radical (unpaired) electrons. The van der Waals surface area contributed by atoms with Crippen LogP contribution in [0.25, 0.3) is 0 Å². The molecule has 0 atom stereocenters. The van der Waals surface area contributed by atoms with Crippen LogP contribution in [0.4, 0.5) is 4.39 Å². The molecule has 16 heavy (non-hydrogen) atoms. The molecular formula is C14H23FSi. The van der Waals surface area contributed by atoms with Crippen LogP contribution in [-0.2, 0) is 6.04 Å². The molecule has 90 valence electrons. The Morgan fingerprint density at radius 1 is 1.19 bits per heavy atom. The highest BCUT2D eigenvalue weighted by Gasteiger charge is 2.35. The van der Waals surface area contributed by atoms with E-state index in [4.69, 9.17) is 0 Å². The van der Waals surface area contributed by atoms with Crippen LogP contribution < -0.4 is 0 Å². The Morgan fingerprint density at radius 2 is 1.75 bits per heavy atom. The Morgan fingerprint density at radius 3 is 2.19 bits per heavy atom. The van der Waals surface area contributed by atoms with Crippen molar-refractivity contribution in [3.05, 3.63) is 35.1 Å². The first-order chi connectivity index (χ1) is 7.13. The quantitative estimate of drug-likeness (QED) is 0.654. The zero-order valence-corrected chi connectivity index (χ0v) is 12.3. The van der Waals surface area contributed by atoms with E-state index in [0.29, 0.717) is 5.04 Å². The maximum absolute atomic E-state index is 13.0. The van der Waals surface area contributed by atoms with Gasteiger partial charge in [-0.25, -0.2) is 4.39 Å². The van der Waals surface area contributed by atoms with Crippen LogP contribution >= 0.6 is 0 Å². The fourth-order valence-electron chi connectivity index (χ4n) is 1.60. The Hall–Kier alpha value is -0.633. The minimum atomic E-state index is -1.32. The number of hydrogen-bond donors (Lipinski definition) is 0. The van der Waals surface area contributed by atoms with Gasteiger partial charge in [-0.15, -0.1) is 0 Å². The molecule has 0 saturated heterocycles. The van der Waals surface area contributed by atoms with Crippen LogP contribution in [-0.4, -0.2) is 8.07 Å². The maximum atomic E-state index is 13.0. The van der Waals surface area contributed by atoms with Crippen molar-refractivity contribution >= 4 is 8.07 Å². The zero-order chi connectivity index (χ0) is 12.6. The molecule has 0 aromatic heterocycles. The van der Waals surface area contributed by atoms with Crippen molar-refractivity contribution in [3.63, 3.8) is 0 Å². The van der Waals surface area contributed by atoms with Crippen LogP contribution in [0.2, 0.25) is 18.1 Å². The van der Waals surface area contributed by atoms with Gasteiger partial charge in [0.25, 0.3) is 0 Å². The van der Waals surface area contributed by atoms with Gasteiger partial charge in [-0.2, -0.15) is 0 Å². The van der Waals surface area contributed by atoms with E-state index < -0.39 is 8.07 Å². The molecular weight excluding hydrogens is 215 g/mol. The smallest absolute Gasteiger partial charge is 0.123 e. The van der Waals surface area contributed by atoms with E-state index >= 15 is 0 Å². The number of aryl methyl sites for hydroxylation is 1. The summed E-state index contributed by atoms with van der Waals surface area (Å²) >= 11 is 0. The van der Waals surface area contributed by atoms with Gasteiger partial charge < -0.3 is 0 Å². The standard InChI is InChI=1S/C14H23FSi/c1-11-9-13(15)8-7-12(11)10-16(5,6)14(2,3)4/h7-9H,10H2,1-6H3. The molecule has 0 aliphatic rings. The molecule has 0 aliphatic heterocycles. The van der Waals surface area contributed by atoms with E-state index in [2.05, 4.69) is 33.9 Å². The van der Waals surface area contributed by atoms with E-state index in [1.165, 1.54) is 5.56 Å². The summed E-state index contributed by atoms with van der Waals surface area (Å²) < 4.78 is 13.0. The molecule has 1 aromatic rings. The second-order valence-electron chi connectivity index (χ2n) is 6.38. The number of halogens is 1. The summed E-state index contributed by atoms with van der Waals surface area (Å²) in [6, 6.07) is 6.30. The topological polar surface area (TPSA) is 0 Å². The molecule has 0 nitrogen and oxygen atoms in total. The molecule has 0 amide bonds. The van der Waals surface area contributed by atoms with Crippen molar-refractivity contribution < 1.29 is 4.39 Å². The molecule has 2 heteroatoms. The largest absolute Gasteiger partial charge is 0.207 e. The Labute approximate surface area is 99.9 Å². The second-order valence-corrected chi connectivity index (χ2v) is 12.0. The van der Waals surface area contributed by atoms with Crippen LogP contribution in [0.1, 0.15) is 31.9 Å². The Kier molecular flexibility index (Phi) is 3.63. The van der Waals surface area contributed by atoms with Gasteiger partial charge in [-0.05, 0) is 41.3 Å². The number of benzene rings is 1. The highest BCUT2D eigenvalue weighted by atomic mass is 28.3. The molecule has 0 aliphatic carbocycles. The fraction of sp³-hybridized carbons (Fsp3) is 0.571. The molecule has 0 saturated carbocycles. The predicted octanol–water partition coefficient (Wildman–Crippen LogP) is 4.72. The second kappa shape index (κ2) is 4.32. The van der Waals surface area contributed by atoms with Crippen molar-refractivity contribution in [2.75, 3.05) is 0 Å². The highest BCUT2D eigenvalue weighted by Crippen LogP contribution is 2.38. The lowest BCUT2D eigenvalue weighted by atomic mass is 10.1. The van der Waals surface area contributed by atoms with Gasteiger partial charge >= 0.3 is 0 Å². The van der Waals surface area contributed by atoms with Crippen LogP contribution in [0.15, 0.2) is 18.2 Å².